The standard InChI is InChI=1S/C15H11F3O2/c1-2-9-3-5-11(13(17)7-9)15(19)20-10-4-6-12(16)14(18)8-10/h3-8H,2H2,1H3. The van der Waals surface area contributed by atoms with E-state index in [0.717, 1.165) is 23.8 Å². The molecule has 20 heavy (non-hydrogen) atoms. The predicted molar refractivity (Wildman–Crippen MR) is 67.1 cm³/mol. The molecule has 2 nitrogen and oxygen atoms in total. The zero-order chi connectivity index (χ0) is 14.7. The lowest BCUT2D eigenvalue weighted by molar-refractivity contribution is 0.0729. The number of rotatable bonds is 3. The summed E-state index contributed by atoms with van der Waals surface area (Å²) in [6, 6.07) is 6.79. The molecule has 0 aliphatic heterocycles. The van der Waals surface area contributed by atoms with Crippen molar-refractivity contribution in [2.24, 2.45) is 0 Å². The summed E-state index contributed by atoms with van der Waals surface area (Å²) in [6.45, 7) is 1.86. The third kappa shape index (κ3) is 2.99. The number of ether oxygens (including phenoxy) is 1. The van der Waals surface area contributed by atoms with Crippen LogP contribution in [-0.4, -0.2) is 5.97 Å². The van der Waals surface area contributed by atoms with Gasteiger partial charge in [0.25, 0.3) is 0 Å². The van der Waals surface area contributed by atoms with E-state index in [2.05, 4.69) is 0 Å². The average Bonchev–Trinajstić information content (AvgIpc) is 2.42. The molecule has 2 aromatic rings. The van der Waals surface area contributed by atoms with Crippen molar-refractivity contribution < 1.29 is 22.7 Å². The van der Waals surface area contributed by atoms with Crippen LogP contribution in [0.4, 0.5) is 13.2 Å². The van der Waals surface area contributed by atoms with Crippen LogP contribution in [0.2, 0.25) is 0 Å². The van der Waals surface area contributed by atoms with Crippen LogP contribution in [0, 0.1) is 17.5 Å². The Morgan fingerprint density at radius 1 is 1.00 bits per heavy atom. The quantitative estimate of drug-likeness (QED) is 0.630. The van der Waals surface area contributed by atoms with Crippen LogP contribution in [0.3, 0.4) is 0 Å². The molecule has 0 aromatic heterocycles. The Balaban J connectivity index is 2.21. The van der Waals surface area contributed by atoms with Crippen LogP contribution in [0.1, 0.15) is 22.8 Å². The van der Waals surface area contributed by atoms with Crippen LogP contribution in [0.25, 0.3) is 0 Å². The van der Waals surface area contributed by atoms with E-state index in [0.29, 0.717) is 6.42 Å². The van der Waals surface area contributed by atoms with Crippen molar-refractivity contribution in [3.63, 3.8) is 0 Å². The summed E-state index contributed by atoms with van der Waals surface area (Å²) < 4.78 is 44.2. The van der Waals surface area contributed by atoms with Gasteiger partial charge in [0.15, 0.2) is 11.6 Å². The lowest BCUT2D eigenvalue weighted by Gasteiger charge is -2.06. The van der Waals surface area contributed by atoms with Gasteiger partial charge in [0.05, 0.1) is 5.56 Å². The third-order valence-electron chi connectivity index (χ3n) is 2.76. The van der Waals surface area contributed by atoms with Crippen molar-refractivity contribution in [2.75, 3.05) is 0 Å². The van der Waals surface area contributed by atoms with Crippen LogP contribution >= 0.6 is 0 Å². The lowest BCUT2D eigenvalue weighted by atomic mass is 10.1. The summed E-state index contributed by atoms with van der Waals surface area (Å²) in [4.78, 5) is 11.8. The first-order valence-electron chi connectivity index (χ1n) is 5.97. The minimum absolute atomic E-state index is 0.187. The highest BCUT2D eigenvalue weighted by molar-refractivity contribution is 5.91. The minimum atomic E-state index is -1.14. The van der Waals surface area contributed by atoms with Crippen LogP contribution < -0.4 is 4.74 Å². The molecular formula is C15H11F3O2. The smallest absolute Gasteiger partial charge is 0.346 e. The van der Waals surface area contributed by atoms with Gasteiger partial charge in [-0.05, 0) is 36.2 Å². The summed E-state index contributed by atoms with van der Waals surface area (Å²) in [5.74, 6) is -4.05. The van der Waals surface area contributed by atoms with Crippen molar-refractivity contribution in [1.82, 2.24) is 0 Å². The van der Waals surface area contributed by atoms with Crippen molar-refractivity contribution >= 4 is 5.97 Å². The number of carbonyl (C=O) groups is 1. The Labute approximate surface area is 113 Å². The molecule has 0 saturated heterocycles. The number of carbonyl (C=O) groups excluding carboxylic acids is 1. The Kier molecular flexibility index (Phi) is 4.08. The maximum atomic E-state index is 13.7. The molecular weight excluding hydrogens is 269 g/mol. The molecule has 0 aliphatic carbocycles. The topological polar surface area (TPSA) is 26.3 Å². The van der Waals surface area contributed by atoms with Crippen LogP contribution in [0.15, 0.2) is 36.4 Å². The average molecular weight is 280 g/mol. The zero-order valence-corrected chi connectivity index (χ0v) is 10.6. The molecule has 0 heterocycles. The monoisotopic (exact) mass is 280 g/mol. The van der Waals surface area contributed by atoms with Gasteiger partial charge in [-0.1, -0.05) is 13.0 Å². The molecule has 0 amide bonds. The first-order valence-corrected chi connectivity index (χ1v) is 5.97. The van der Waals surface area contributed by atoms with E-state index in [4.69, 9.17) is 4.74 Å². The Hall–Kier alpha value is -2.30. The molecule has 0 unspecified atom stereocenters. The SMILES string of the molecule is CCc1ccc(C(=O)Oc2ccc(F)c(F)c2)c(F)c1. The highest BCUT2D eigenvalue weighted by Gasteiger charge is 2.15. The fraction of sp³-hybridized carbons (Fsp3) is 0.133. The van der Waals surface area contributed by atoms with Crippen LogP contribution in [0.5, 0.6) is 5.75 Å². The molecule has 0 saturated carbocycles. The Morgan fingerprint density at radius 2 is 1.75 bits per heavy atom. The number of esters is 1. The molecule has 2 rings (SSSR count). The van der Waals surface area contributed by atoms with Gasteiger partial charge in [-0.3, -0.25) is 0 Å². The fourth-order valence-electron chi connectivity index (χ4n) is 1.65. The number of halogens is 3. The van der Waals surface area contributed by atoms with Crippen molar-refractivity contribution in [1.29, 1.82) is 0 Å². The molecule has 0 spiro atoms. The second kappa shape index (κ2) is 5.77. The van der Waals surface area contributed by atoms with Crippen molar-refractivity contribution in [3.8, 4) is 5.75 Å². The third-order valence-corrected chi connectivity index (χ3v) is 2.76. The summed E-state index contributed by atoms with van der Waals surface area (Å²) in [6.07, 6.45) is 0.634. The molecule has 0 fully saturated rings. The zero-order valence-electron chi connectivity index (χ0n) is 10.6. The van der Waals surface area contributed by atoms with Crippen molar-refractivity contribution in [2.45, 2.75) is 13.3 Å². The predicted octanol–water partition coefficient (Wildman–Crippen LogP) is 3.89. The van der Waals surface area contributed by atoms with Gasteiger partial charge >= 0.3 is 5.97 Å². The summed E-state index contributed by atoms with van der Waals surface area (Å²) >= 11 is 0. The first-order chi connectivity index (χ1) is 9.51. The molecule has 0 atom stereocenters. The maximum absolute atomic E-state index is 13.7. The summed E-state index contributed by atoms with van der Waals surface area (Å²) in [7, 11) is 0. The minimum Gasteiger partial charge on any atom is -0.423 e. The molecule has 5 heteroatoms. The molecule has 104 valence electrons. The van der Waals surface area contributed by atoms with Crippen molar-refractivity contribution in [3.05, 3.63) is 65.0 Å². The van der Waals surface area contributed by atoms with Gasteiger partial charge in [0, 0.05) is 6.07 Å². The normalized spacial score (nSPS) is 10.4. The van der Waals surface area contributed by atoms with Gasteiger partial charge in [-0.15, -0.1) is 0 Å². The highest BCUT2D eigenvalue weighted by atomic mass is 19.2. The van der Waals surface area contributed by atoms with E-state index in [9.17, 15) is 18.0 Å². The second-order valence-electron chi connectivity index (χ2n) is 4.13. The lowest BCUT2D eigenvalue weighted by Crippen LogP contribution is -2.11. The van der Waals surface area contributed by atoms with E-state index in [-0.39, 0.29) is 11.3 Å². The summed E-state index contributed by atoms with van der Waals surface area (Å²) in [5, 5.41) is 0. The molecule has 0 N–H and O–H groups in total. The van der Waals surface area contributed by atoms with Gasteiger partial charge in [0.1, 0.15) is 11.6 Å². The van der Waals surface area contributed by atoms with E-state index in [1.165, 1.54) is 12.1 Å². The largest absolute Gasteiger partial charge is 0.423 e. The molecule has 2 aromatic carbocycles. The summed E-state index contributed by atoms with van der Waals surface area (Å²) in [5.41, 5.74) is 0.485. The Bertz CT molecular complexity index is 654. The molecule has 0 bridgehead atoms. The maximum Gasteiger partial charge on any atom is 0.346 e. The molecule has 0 aliphatic rings. The van der Waals surface area contributed by atoms with E-state index in [1.54, 1.807) is 6.07 Å². The van der Waals surface area contributed by atoms with Gasteiger partial charge in [0.2, 0.25) is 0 Å². The van der Waals surface area contributed by atoms with Gasteiger partial charge < -0.3 is 4.74 Å². The number of benzene rings is 2. The highest BCUT2D eigenvalue weighted by Crippen LogP contribution is 2.18. The van der Waals surface area contributed by atoms with Crippen LogP contribution in [-0.2, 0) is 6.42 Å². The second-order valence-corrected chi connectivity index (χ2v) is 4.13. The van der Waals surface area contributed by atoms with Gasteiger partial charge in [-0.25, -0.2) is 18.0 Å². The molecule has 0 radical (unpaired) electrons. The van der Waals surface area contributed by atoms with E-state index in [1.807, 2.05) is 6.92 Å². The first kappa shape index (κ1) is 14.1. The Morgan fingerprint density at radius 3 is 2.35 bits per heavy atom. The van der Waals surface area contributed by atoms with Gasteiger partial charge in [-0.2, -0.15) is 0 Å². The fourth-order valence-corrected chi connectivity index (χ4v) is 1.65. The number of aryl methyl sites for hydroxylation is 1. The number of hydrogen-bond acceptors (Lipinski definition) is 2. The van der Waals surface area contributed by atoms with E-state index < -0.39 is 23.4 Å². The number of hydrogen-bond donors (Lipinski definition) is 0. The van der Waals surface area contributed by atoms with E-state index >= 15 is 0 Å².